The zero-order chi connectivity index (χ0) is 15.1. The van der Waals surface area contributed by atoms with E-state index in [0.717, 1.165) is 17.2 Å². The SMILES string of the molecule is COc1ccc(OCCCC(=O)Nc2nc(C)cs2)cc1. The Morgan fingerprint density at radius 1 is 1.29 bits per heavy atom. The molecule has 5 nitrogen and oxygen atoms in total. The molecule has 0 atom stereocenters. The van der Waals surface area contributed by atoms with E-state index in [2.05, 4.69) is 10.3 Å². The third kappa shape index (κ3) is 5.07. The van der Waals surface area contributed by atoms with Crippen LogP contribution in [0.15, 0.2) is 29.6 Å². The fraction of sp³-hybridized carbons (Fsp3) is 0.333. The summed E-state index contributed by atoms with van der Waals surface area (Å²) >= 11 is 1.43. The number of carbonyl (C=O) groups excluding carboxylic acids is 1. The van der Waals surface area contributed by atoms with Crippen molar-refractivity contribution in [1.29, 1.82) is 0 Å². The Balaban J connectivity index is 1.65. The molecule has 0 fully saturated rings. The molecule has 1 aromatic carbocycles. The maximum absolute atomic E-state index is 11.7. The van der Waals surface area contributed by atoms with Crippen LogP contribution in [-0.2, 0) is 4.79 Å². The minimum atomic E-state index is -0.0392. The number of hydrogen-bond acceptors (Lipinski definition) is 5. The monoisotopic (exact) mass is 306 g/mol. The van der Waals surface area contributed by atoms with Gasteiger partial charge in [0.05, 0.1) is 19.4 Å². The fourth-order valence-electron chi connectivity index (χ4n) is 1.69. The van der Waals surface area contributed by atoms with Crippen LogP contribution in [0.3, 0.4) is 0 Å². The van der Waals surface area contributed by atoms with Crippen molar-refractivity contribution in [2.24, 2.45) is 0 Å². The number of nitrogens with one attached hydrogen (secondary N) is 1. The number of rotatable bonds is 7. The molecular weight excluding hydrogens is 288 g/mol. The highest BCUT2D eigenvalue weighted by molar-refractivity contribution is 7.13. The summed E-state index contributed by atoms with van der Waals surface area (Å²) in [5.74, 6) is 1.52. The van der Waals surface area contributed by atoms with E-state index < -0.39 is 0 Å². The number of carbonyl (C=O) groups is 1. The highest BCUT2D eigenvalue weighted by Crippen LogP contribution is 2.17. The van der Waals surface area contributed by atoms with Gasteiger partial charge >= 0.3 is 0 Å². The van der Waals surface area contributed by atoms with Gasteiger partial charge in [-0.05, 0) is 37.6 Å². The predicted molar refractivity (Wildman–Crippen MR) is 83.2 cm³/mol. The molecule has 0 spiro atoms. The van der Waals surface area contributed by atoms with Gasteiger partial charge in [0.25, 0.3) is 0 Å². The Morgan fingerprint density at radius 2 is 2.00 bits per heavy atom. The van der Waals surface area contributed by atoms with Gasteiger partial charge in [0.15, 0.2) is 5.13 Å². The lowest BCUT2D eigenvalue weighted by Gasteiger charge is -2.07. The van der Waals surface area contributed by atoms with E-state index in [0.29, 0.717) is 24.6 Å². The molecule has 1 amide bonds. The Labute approximate surface area is 127 Å². The number of ether oxygens (including phenoxy) is 2. The number of anilines is 1. The number of thiazole rings is 1. The van der Waals surface area contributed by atoms with Crippen LogP contribution in [0, 0.1) is 6.92 Å². The summed E-state index contributed by atoms with van der Waals surface area (Å²) in [6.07, 6.45) is 1.07. The molecule has 0 radical (unpaired) electrons. The first-order valence-corrected chi connectivity index (χ1v) is 7.54. The largest absolute Gasteiger partial charge is 0.497 e. The zero-order valence-corrected chi connectivity index (χ0v) is 12.9. The quantitative estimate of drug-likeness (QED) is 0.798. The lowest BCUT2D eigenvalue weighted by molar-refractivity contribution is -0.116. The molecule has 21 heavy (non-hydrogen) atoms. The highest BCUT2D eigenvalue weighted by atomic mass is 32.1. The van der Waals surface area contributed by atoms with Crippen LogP contribution >= 0.6 is 11.3 Å². The Bertz CT molecular complexity index is 581. The van der Waals surface area contributed by atoms with Crippen LogP contribution in [-0.4, -0.2) is 24.6 Å². The van der Waals surface area contributed by atoms with Crippen LogP contribution in [0.4, 0.5) is 5.13 Å². The Hall–Kier alpha value is -2.08. The minimum absolute atomic E-state index is 0.0392. The molecule has 112 valence electrons. The molecule has 0 saturated carbocycles. The summed E-state index contributed by atoms with van der Waals surface area (Å²) in [6, 6.07) is 7.37. The summed E-state index contributed by atoms with van der Waals surface area (Å²) in [4.78, 5) is 15.9. The van der Waals surface area contributed by atoms with Crippen LogP contribution in [0.25, 0.3) is 0 Å². The maximum Gasteiger partial charge on any atom is 0.226 e. The molecule has 0 aliphatic carbocycles. The highest BCUT2D eigenvalue weighted by Gasteiger charge is 2.05. The summed E-state index contributed by atoms with van der Waals surface area (Å²) in [6.45, 7) is 2.39. The molecule has 6 heteroatoms. The molecule has 1 N–H and O–H groups in total. The molecular formula is C15H18N2O3S. The van der Waals surface area contributed by atoms with Gasteiger partial charge in [-0.15, -0.1) is 11.3 Å². The standard InChI is InChI=1S/C15H18N2O3S/c1-11-10-21-15(16-11)17-14(18)4-3-9-20-13-7-5-12(19-2)6-8-13/h5-8,10H,3-4,9H2,1-2H3,(H,16,17,18). The van der Waals surface area contributed by atoms with Crippen molar-refractivity contribution in [3.63, 3.8) is 0 Å². The summed E-state index contributed by atoms with van der Waals surface area (Å²) < 4.78 is 10.6. The number of aryl methyl sites for hydroxylation is 1. The van der Waals surface area contributed by atoms with Crippen molar-refractivity contribution in [3.8, 4) is 11.5 Å². The van der Waals surface area contributed by atoms with Crippen molar-refractivity contribution >= 4 is 22.4 Å². The summed E-state index contributed by atoms with van der Waals surface area (Å²) in [5, 5.41) is 5.32. The van der Waals surface area contributed by atoms with E-state index in [-0.39, 0.29) is 5.91 Å². The van der Waals surface area contributed by atoms with Crippen molar-refractivity contribution in [1.82, 2.24) is 4.98 Å². The minimum Gasteiger partial charge on any atom is -0.497 e. The average Bonchev–Trinajstić information content (AvgIpc) is 2.89. The van der Waals surface area contributed by atoms with Gasteiger partial charge in [0, 0.05) is 11.8 Å². The number of benzene rings is 1. The molecule has 2 aromatic rings. The van der Waals surface area contributed by atoms with Crippen molar-refractivity contribution in [3.05, 3.63) is 35.3 Å². The number of amides is 1. The van der Waals surface area contributed by atoms with Gasteiger partial charge in [-0.1, -0.05) is 0 Å². The van der Waals surface area contributed by atoms with Crippen LogP contribution in [0.5, 0.6) is 11.5 Å². The molecule has 0 bridgehead atoms. The summed E-state index contributed by atoms with van der Waals surface area (Å²) in [7, 11) is 1.62. The predicted octanol–water partition coefficient (Wildman–Crippen LogP) is 3.26. The molecule has 2 rings (SSSR count). The van der Waals surface area contributed by atoms with Gasteiger partial charge in [0.1, 0.15) is 11.5 Å². The molecule has 1 heterocycles. The third-order valence-corrected chi connectivity index (χ3v) is 3.62. The van der Waals surface area contributed by atoms with Gasteiger partial charge in [-0.2, -0.15) is 0 Å². The van der Waals surface area contributed by atoms with Crippen LogP contribution in [0.1, 0.15) is 18.5 Å². The van der Waals surface area contributed by atoms with Gasteiger partial charge < -0.3 is 14.8 Å². The molecule has 1 aromatic heterocycles. The Morgan fingerprint density at radius 3 is 2.62 bits per heavy atom. The smallest absolute Gasteiger partial charge is 0.226 e. The van der Waals surface area contributed by atoms with E-state index in [1.54, 1.807) is 7.11 Å². The lowest BCUT2D eigenvalue weighted by Crippen LogP contribution is -2.12. The lowest BCUT2D eigenvalue weighted by atomic mass is 10.3. The van der Waals surface area contributed by atoms with Crippen molar-refractivity contribution < 1.29 is 14.3 Å². The van der Waals surface area contributed by atoms with Gasteiger partial charge in [0.2, 0.25) is 5.91 Å². The first kappa shape index (κ1) is 15.3. The molecule has 0 saturated heterocycles. The van der Waals surface area contributed by atoms with Crippen molar-refractivity contribution in [2.45, 2.75) is 19.8 Å². The fourth-order valence-corrected chi connectivity index (χ4v) is 2.39. The topological polar surface area (TPSA) is 60.5 Å². The van der Waals surface area contributed by atoms with Gasteiger partial charge in [-0.25, -0.2) is 4.98 Å². The molecule has 0 unspecified atom stereocenters. The number of nitrogens with zero attached hydrogens (tertiary/aromatic N) is 1. The van der Waals surface area contributed by atoms with E-state index in [1.807, 2.05) is 36.6 Å². The summed E-state index contributed by atoms with van der Waals surface area (Å²) in [5.41, 5.74) is 0.915. The first-order valence-electron chi connectivity index (χ1n) is 6.66. The Kier molecular flexibility index (Phi) is 5.57. The van der Waals surface area contributed by atoms with Crippen LogP contribution in [0.2, 0.25) is 0 Å². The number of aromatic nitrogens is 1. The molecule has 0 aliphatic heterocycles. The number of methoxy groups -OCH3 is 1. The second-order valence-corrected chi connectivity index (χ2v) is 5.33. The molecule has 0 aliphatic rings. The first-order chi connectivity index (χ1) is 10.2. The van der Waals surface area contributed by atoms with Crippen molar-refractivity contribution in [2.75, 3.05) is 19.0 Å². The zero-order valence-electron chi connectivity index (χ0n) is 12.1. The van der Waals surface area contributed by atoms with E-state index in [4.69, 9.17) is 9.47 Å². The second-order valence-electron chi connectivity index (χ2n) is 4.47. The third-order valence-electron chi connectivity index (χ3n) is 2.74. The normalized spacial score (nSPS) is 10.2. The average molecular weight is 306 g/mol. The van der Waals surface area contributed by atoms with Crippen LogP contribution < -0.4 is 14.8 Å². The van der Waals surface area contributed by atoms with Gasteiger partial charge in [-0.3, -0.25) is 4.79 Å². The maximum atomic E-state index is 11.7. The van der Waals surface area contributed by atoms with E-state index in [9.17, 15) is 4.79 Å². The number of hydrogen-bond donors (Lipinski definition) is 1. The second kappa shape index (κ2) is 7.64. The van der Waals surface area contributed by atoms with E-state index >= 15 is 0 Å². The van der Waals surface area contributed by atoms with E-state index in [1.165, 1.54) is 11.3 Å².